The highest BCUT2D eigenvalue weighted by atomic mass is 79.9. The van der Waals surface area contributed by atoms with E-state index in [0.29, 0.717) is 12.0 Å². The zero-order valence-electron chi connectivity index (χ0n) is 9.50. The molecule has 0 bridgehead atoms. The van der Waals surface area contributed by atoms with Gasteiger partial charge in [0.2, 0.25) is 0 Å². The Labute approximate surface area is 99.8 Å². The molecule has 0 aliphatic heterocycles. The summed E-state index contributed by atoms with van der Waals surface area (Å²) in [6, 6.07) is 0.418. The summed E-state index contributed by atoms with van der Waals surface area (Å²) in [5, 5.41) is 3.42. The van der Waals surface area contributed by atoms with E-state index < -0.39 is 0 Å². The molecule has 2 atom stereocenters. The molecule has 0 saturated carbocycles. The minimum absolute atomic E-state index is 0.387. The van der Waals surface area contributed by atoms with Crippen LogP contribution in [0.1, 0.15) is 38.9 Å². The van der Waals surface area contributed by atoms with E-state index in [-0.39, 0.29) is 0 Å². The molecule has 1 rings (SSSR count). The smallest absolute Gasteiger partial charge is 0.132 e. The standard InChI is InChI=1S/C11H18BrN3/c1-4-10(8(3)13-5-2)11-14-6-9(12)7-15-11/h6-8,10,13H,4-5H2,1-3H3. The third-order valence-electron chi connectivity index (χ3n) is 2.54. The molecule has 0 radical (unpaired) electrons. The Morgan fingerprint density at radius 2 is 1.93 bits per heavy atom. The number of halogens is 1. The van der Waals surface area contributed by atoms with Gasteiger partial charge in [-0.25, -0.2) is 9.97 Å². The maximum absolute atomic E-state index is 4.35. The predicted octanol–water partition coefficient (Wildman–Crippen LogP) is 2.73. The zero-order chi connectivity index (χ0) is 11.3. The maximum Gasteiger partial charge on any atom is 0.132 e. The van der Waals surface area contributed by atoms with Gasteiger partial charge in [-0.2, -0.15) is 0 Å². The molecule has 2 unspecified atom stereocenters. The van der Waals surface area contributed by atoms with E-state index >= 15 is 0 Å². The van der Waals surface area contributed by atoms with Crippen molar-refractivity contribution in [3.05, 3.63) is 22.7 Å². The van der Waals surface area contributed by atoms with Crippen LogP contribution in [0.15, 0.2) is 16.9 Å². The lowest BCUT2D eigenvalue weighted by molar-refractivity contribution is 0.443. The van der Waals surface area contributed by atoms with Crippen molar-refractivity contribution < 1.29 is 0 Å². The van der Waals surface area contributed by atoms with Gasteiger partial charge in [0.15, 0.2) is 0 Å². The Morgan fingerprint density at radius 3 is 2.40 bits per heavy atom. The summed E-state index contributed by atoms with van der Waals surface area (Å²) in [5.41, 5.74) is 0. The van der Waals surface area contributed by atoms with Crippen LogP contribution >= 0.6 is 15.9 Å². The van der Waals surface area contributed by atoms with Gasteiger partial charge in [0.05, 0.1) is 4.47 Å². The van der Waals surface area contributed by atoms with Crippen LogP contribution in [-0.4, -0.2) is 22.6 Å². The first-order valence-electron chi connectivity index (χ1n) is 5.39. The molecule has 4 heteroatoms. The number of nitrogens with one attached hydrogen (secondary N) is 1. The molecule has 15 heavy (non-hydrogen) atoms. The zero-order valence-corrected chi connectivity index (χ0v) is 11.1. The molecule has 0 saturated heterocycles. The SMILES string of the molecule is CCNC(C)C(CC)c1ncc(Br)cn1. The highest BCUT2D eigenvalue weighted by molar-refractivity contribution is 9.10. The van der Waals surface area contributed by atoms with E-state index in [1.54, 1.807) is 0 Å². The number of aromatic nitrogens is 2. The predicted molar refractivity (Wildman–Crippen MR) is 65.9 cm³/mol. The van der Waals surface area contributed by atoms with Gasteiger partial charge in [0.1, 0.15) is 5.82 Å². The summed E-state index contributed by atoms with van der Waals surface area (Å²) in [7, 11) is 0. The minimum atomic E-state index is 0.387. The second-order valence-corrected chi connectivity index (χ2v) is 4.54. The highest BCUT2D eigenvalue weighted by Gasteiger charge is 2.18. The monoisotopic (exact) mass is 271 g/mol. The van der Waals surface area contributed by atoms with Gasteiger partial charge in [-0.05, 0) is 35.8 Å². The van der Waals surface area contributed by atoms with Crippen molar-refractivity contribution in [3.8, 4) is 0 Å². The largest absolute Gasteiger partial charge is 0.314 e. The van der Waals surface area contributed by atoms with Crippen LogP contribution in [0.4, 0.5) is 0 Å². The fraction of sp³-hybridized carbons (Fsp3) is 0.636. The lowest BCUT2D eigenvalue weighted by atomic mass is 9.97. The van der Waals surface area contributed by atoms with Crippen LogP contribution in [0, 0.1) is 0 Å². The van der Waals surface area contributed by atoms with Gasteiger partial charge >= 0.3 is 0 Å². The van der Waals surface area contributed by atoms with Crippen molar-refractivity contribution in [2.75, 3.05) is 6.54 Å². The molecule has 0 fully saturated rings. The van der Waals surface area contributed by atoms with Gasteiger partial charge in [-0.3, -0.25) is 0 Å². The highest BCUT2D eigenvalue weighted by Crippen LogP contribution is 2.20. The van der Waals surface area contributed by atoms with E-state index in [0.717, 1.165) is 23.3 Å². The molecule has 84 valence electrons. The first kappa shape index (κ1) is 12.6. The van der Waals surface area contributed by atoms with Crippen molar-refractivity contribution >= 4 is 15.9 Å². The van der Waals surface area contributed by atoms with Gasteiger partial charge in [0.25, 0.3) is 0 Å². The molecule has 0 amide bonds. The Balaban J connectivity index is 2.77. The molecule has 1 aromatic rings. The fourth-order valence-corrected chi connectivity index (χ4v) is 1.94. The molecular formula is C11H18BrN3. The molecular weight excluding hydrogens is 254 g/mol. The Kier molecular flexibility index (Phi) is 5.19. The lowest BCUT2D eigenvalue weighted by Gasteiger charge is -2.21. The molecule has 3 nitrogen and oxygen atoms in total. The van der Waals surface area contributed by atoms with Crippen LogP contribution in [0.25, 0.3) is 0 Å². The fourth-order valence-electron chi connectivity index (χ4n) is 1.74. The van der Waals surface area contributed by atoms with Crippen LogP contribution in [0.5, 0.6) is 0 Å². The van der Waals surface area contributed by atoms with Crippen molar-refractivity contribution in [2.45, 2.75) is 39.2 Å². The number of hydrogen-bond acceptors (Lipinski definition) is 3. The minimum Gasteiger partial charge on any atom is -0.314 e. The number of rotatable bonds is 5. The molecule has 1 N–H and O–H groups in total. The molecule has 0 aliphatic rings. The first-order chi connectivity index (χ1) is 7.19. The molecule has 1 aromatic heterocycles. The van der Waals surface area contributed by atoms with Crippen molar-refractivity contribution in [1.82, 2.24) is 15.3 Å². The lowest BCUT2D eigenvalue weighted by Crippen LogP contribution is -2.32. The second kappa shape index (κ2) is 6.18. The van der Waals surface area contributed by atoms with E-state index in [4.69, 9.17) is 0 Å². The van der Waals surface area contributed by atoms with E-state index in [2.05, 4.69) is 52.0 Å². The topological polar surface area (TPSA) is 37.8 Å². The average Bonchev–Trinajstić information content (AvgIpc) is 2.22. The summed E-state index contributed by atoms with van der Waals surface area (Å²) in [6.45, 7) is 7.45. The van der Waals surface area contributed by atoms with Crippen LogP contribution in [0.3, 0.4) is 0 Å². The van der Waals surface area contributed by atoms with Crippen LogP contribution in [0.2, 0.25) is 0 Å². The molecule has 0 aliphatic carbocycles. The Bertz CT molecular complexity index is 286. The first-order valence-corrected chi connectivity index (χ1v) is 6.19. The van der Waals surface area contributed by atoms with Gasteiger partial charge in [-0.1, -0.05) is 13.8 Å². The van der Waals surface area contributed by atoms with E-state index in [1.165, 1.54) is 0 Å². The quantitative estimate of drug-likeness (QED) is 0.895. The number of nitrogens with zero attached hydrogens (tertiary/aromatic N) is 2. The van der Waals surface area contributed by atoms with Crippen molar-refractivity contribution in [3.63, 3.8) is 0 Å². The number of likely N-dealkylation sites (N-methyl/N-ethyl adjacent to an activating group) is 1. The Morgan fingerprint density at radius 1 is 1.33 bits per heavy atom. The maximum atomic E-state index is 4.35. The van der Waals surface area contributed by atoms with E-state index in [1.807, 2.05) is 12.4 Å². The van der Waals surface area contributed by atoms with Crippen LogP contribution in [-0.2, 0) is 0 Å². The van der Waals surface area contributed by atoms with E-state index in [9.17, 15) is 0 Å². The molecule has 0 aromatic carbocycles. The summed E-state index contributed by atoms with van der Waals surface area (Å²) in [4.78, 5) is 8.71. The average molecular weight is 272 g/mol. The summed E-state index contributed by atoms with van der Waals surface area (Å²) in [6.07, 6.45) is 4.67. The Hall–Kier alpha value is -0.480. The third kappa shape index (κ3) is 3.54. The third-order valence-corrected chi connectivity index (χ3v) is 2.95. The van der Waals surface area contributed by atoms with Crippen LogP contribution < -0.4 is 5.32 Å². The van der Waals surface area contributed by atoms with Crippen molar-refractivity contribution in [1.29, 1.82) is 0 Å². The normalized spacial score (nSPS) is 14.9. The summed E-state index contributed by atoms with van der Waals surface area (Å²) < 4.78 is 0.928. The second-order valence-electron chi connectivity index (χ2n) is 3.62. The van der Waals surface area contributed by atoms with Gasteiger partial charge in [-0.15, -0.1) is 0 Å². The van der Waals surface area contributed by atoms with Gasteiger partial charge < -0.3 is 5.32 Å². The molecule has 1 heterocycles. The van der Waals surface area contributed by atoms with Gasteiger partial charge in [0, 0.05) is 24.4 Å². The van der Waals surface area contributed by atoms with Crippen molar-refractivity contribution in [2.24, 2.45) is 0 Å². The summed E-state index contributed by atoms with van der Waals surface area (Å²) >= 11 is 3.34. The summed E-state index contributed by atoms with van der Waals surface area (Å²) in [5.74, 6) is 1.31. The molecule has 0 spiro atoms. The number of hydrogen-bond donors (Lipinski definition) is 1.